The third kappa shape index (κ3) is 5.25. The molecule has 1 heterocycles. The van der Waals surface area contributed by atoms with E-state index in [1.165, 1.54) is 6.07 Å². The summed E-state index contributed by atoms with van der Waals surface area (Å²) in [5.74, 6) is -1.27. The van der Waals surface area contributed by atoms with Crippen molar-refractivity contribution in [1.29, 1.82) is 5.26 Å². The van der Waals surface area contributed by atoms with Gasteiger partial charge in [0.2, 0.25) is 10.0 Å². The second-order valence-corrected chi connectivity index (χ2v) is 9.20. The molecule has 0 spiro atoms. The summed E-state index contributed by atoms with van der Waals surface area (Å²) in [5.41, 5.74) is 3.06. The van der Waals surface area contributed by atoms with Gasteiger partial charge in [-0.1, -0.05) is 25.1 Å². The van der Waals surface area contributed by atoms with Crippen LogP contribution < -0.4 is 4.72 Å². The van der Waals surface area contributed by atoms with E-state index in [9.17, 15) is 18.3 Å². The number of fused-ring (bicyclic) bond motifs is 1. The average molecular weight is 428 g/mol. The topological polar surface area (TPSA) is 111 Å². The first kappa shape index (κ1) is 22.0. The minimum absolute atomic E-state index is 0.0562. The number of hydrogen-bond acceptors (Lipinski definition) is 5. The summed E-state index contributed by atoms with van der Waals surface area (Å²) in [6, 6.07) is 12.1. The zero-order valence-corrected chi connectivity index (χ0v) is 17.7. The SMILES string of the molecule is CCCN1CCc2ccc(S(=O)(=O)NC(Cc3cccc(C#N)c3)C(=O)O)cc2C1. The third-order valence-electron chi connectivity index (χ3n) is 5.21. The van der Waals surface area contributed by atoms with E-state index < -0.39 is 22.0 Å². The van der Waals surface area contributed by atoms with Crippen LogP contribution in [0.25, 0.3) is 0 Å². The van der Waals surface area contributed by atoms with E-state index in [0.29, 0.717) is 17.7 Å². The molecule has 1 aliphatic rings. The van der Waals surface area contributed by atoms with E-state index in [1.807, 2.05) is 12.1 Å². The molecule has 0 aliphatic carbocycles. The number of rotatable bonds is 8. The minimum atomic E-state index is -4.02. The van der Waals surface area contributed by atoms with E-state index in [2.05, 4.69) is 16.5 Å². The molecule has 0 aromatic heterocycles. The fourth-order valence-electron chi connectivity index (χ4n) is 3.70. The predicted molar refractivity (Wildman–Crippen MR) is 112 cm³/mol. The minimum Gasteiger partial charge on any atom is -0.480 e. The van der Waals surface area contributed by atoms with Crippen molar-refractivity contribution >= 4 is 16.0 Å². The molecule has 0 saturated heterocycles. The van der Waals surface area contributed by atoms with Crippen molar-refractivity contribution < 1.29 is 18.3 Å². The van der Waals surface area contributed by atoms with Crippen LogP contribution in [0, 0.1) is 11.3 Å². The Morgan fingerprint density at radius 3 is 2.77 bits per heavy atom. The lowest BCUT2D eigenvalue weighted by Crippen LogP contribution is -2.42. The fourth-order valence-corrected chi connectivity index (χ4v) is 4.94. The van der Waals surface area contributed by atoms with Gasteiger partial charge >= 0.3 is 5.97 Å². The normalized spacial score (nSPS) is 15.2. The molecule has 2 aromatic rings. The van der Waals surface area contributed by atoms with Gasteiger partial charge in [-0.2, -0.15) is 9.98 Å². The first-order valence-electron chi connectivity index (χ1n) is 9.90. The average Bonchev–Trinajstić information content (AvgIpc) is 2.73. The number of carboxylic acid groups (broad SMARTS) is 1. The van der Waals surface area contributed by atoms with Crippen LogP contribution >= 0.6 is 0 Å². The monoisotopic (exact) mass is 427 g/mol. The molecule has 0 saturated carbocycles. The van der Waals surface area contributed by atoms with Crippen molar-refractivity contribution in [2.45, 2.75) is 43.7 Å². The molecule has 8 heteroatoms. The van der Waals surface area contributed by atoms with Gasteiger partial charge < -0.3 is 5.11 Å². The molecule has 3 rings (SSSR count). The summed E-state index contributed by atoms with van der Waals surface area (Å²) in [6.07, 6.45) is 1.84. The quantitative estimate of drug-likeness (QED) is 0.669. The van der Waals surface area contributed by atoms with Crippen LogP contribution in [0.3, 0.4) is 0 Å². The largest absolute Gasteiger partial charge is 0.480 e. The first-order valence-corrected chi connectivity index (χ1v) is 11.4. The van der Waals surface area contributed by atoms with Crippen molar-refractivity contribution in [3.05, 3.63) is 64.7 Å². The number of carboxylic acids is 1. The summed E-state index contributed by atoms with van der Waals surface area (Å²) < 4.78 is 28.1. The molecule has 0 bridgehead atoms. The molecule has 0 fully saturated rings. The molecule has 0 radical (unpaired) electrons. The highest BCUT2D eigenvalue weighted by Crippen LogP contribution is 2.23. The van der Waals surface area contributed by atoms with Gasteiger partial charge in [0.25, 0.3) is 0 Å². The van der Waals surface area contributed by atoms with Crippen molar-refractivity contribution in [3.8, 4) is 6.07 Å². The summed E-state index contributed by atoms with van der Waals surface area (Å²) in [5, 5.41) is 18.6. The first-order chi connectivity index (χ1) is 14.3. The van der Waals surface area contributed by atoms with Crippen LogP contribution in [-0.2, 0) is 34.2 Å². The maximum atomic E-state index is 12.9. The Kier molecular flexibility index (Phi) is 6.87. The summed E-state index contributed by atoms with van der Waals surface area (Å²) in [6.45, 7) is 4.71. The van der Waals surface area contributed by atoms with Gasteiger partial charge in [-0.05, 0) is 66.8 Å². The summed E-state index contributed by atoms with van der Waals surface area (Å²) in [7, 11) is -4.02. The number of nitrogens with zero attached hydrogens (tertiary/aromatic N) is 2. The Labute approximate surface area is 177 Å². The Bertz CT molecular complexity index is 1080. The lowest BCUT2D eigenvalue weighted by Gasteiger charge is -2.28. The van der Waals surface area contributed by atoms with Crippen molar-refractivity contribution in [2.24, 2.45) is 0 Å². The van der Waals surface area contributed by atoms with Crippen LogP contribution in [0.4, 0.5) is 0 Å². The van der Waals surface area contributed by atoms with Crippen molar-refractivity contribution in [2.75, 3.05) is 13.1 Å². The van der Waals surface area contributed by atoms with E-state index in [0.717, 1.165) is 37.1 Å². The van der Waals surface area contributed by atoms with E-state index in [4.69, 9.17) is 5.26 Å². The number of benzene rings is 2. The number of carbonyl (C=O) groups is 1. The Balaban J connectivity index is 1.81. The van der Waals surface area contributed by atoms with Crippen LogP contribution in [-0.4, -0.2) is 43.5 Å². The summed E-state index contributed by atoms with van der Waals surface area (Å²) in [4.78, 5) is 14.1. The molecule has 30 heavy (non-hydrogen) atoms. The molecule has 2 N–H and O–H groups in total. The lowest BCUT2D eigenvalue weighted by atomic mass is 10.00. The highest BCUT2D eigenvalue weighted by Gasteiger charge is 2.27. The zero-order valence-electron chi connectivity index (χ0n) is 16.8. The molecule has 7 nitrogen and oxygen atoms in total. The van der Waals surface area contributed by atoms with Crippen LogP contribution in [0.1, 0.15) is 35.6 Å². The maximum Gasteiger partial charge on any atom is 0.322 e. The van der Waals surface area contributed by atoms with Gasteiger partial charge in [0, 0.05) is 13.1 Å². The molecular formula is C22H25N3O4S. The van der Waals surface area contributed by atoms with Gasteiger partial charge in [0.1, 0.15) is 6.04 Å². The maximum absolute atomic E-state index is 12.9. The fraction of sp³-hybridized carbons (Fsp3) is 0.364. The molecule has 158 valence electrons. The predicted octanol–water partition coefficient (Wildman–Crippen LogP) is 2.30. The number of aliphatic carboxylic acids is 1. The number of hydrogen-bond donors (Lipinski definition) is 2. The van der Waals surface area contributed by atoms with Gasteiger partial charge in [-0.25, -0.2) is 8.42 Å². The van der Waals surface area contributed by atoms with E-state index >= 15 is 0 Å². The van der Waals surface area contributed by atoms with Gasteiger partial charge in [-0.15, -0.1) is 0 Å². The second kappa shape index (κ2) is 9.39. The third-order valence-corrected chi connectivity index (χ3v) is 6.68. The number of nitriles is 1. The highest BCUT2D eigenvalue weighted by atomic mass is 32.2. The molecule has 1 aliphatic heterocycles. The van der Waals surface area contributed by atoms with Crippen LogP contribution in [0.2, 0.25) is 0 Å². The standard InChI is InChI=1S/C22H25N3O4S/c1-2-9-25-10-8-18-6-7-20(13-19(18)15-25)30(28,29)24-21(22(26)27)12-16-4-3-5-17(11-16)14-23/h3-7,11,13,21,24H,2,8-10,12,15H2,1H3,(H,26,27). The van der Waals surface area contributed by atoms with Crippen molar-refractivity contribution in [1.82, 2.24) is 9.62 Å². The van der Waals surface area contributed by atoms with Gasteiger partial charge in [0.05, 0.1) is 16.5 Å². The molecule has 1 atom stereocenters. The molecular weight excluding hydrogens is 402 g/mol. The smallest absolute Gasteiger partial charge is 0.322 e. The molecule has 0 amide bonds. The van der Waals surface area contributed by atoms with Gasteiger partial charge in [0.15, 0.2) is 0 Å². The zero-order chi connectivity index (χ0) is 21.7. The van der Waals surface area contributed by atoms with Crippen LogP contribution in [0.15, 0.2) is 47.4 Å². The Morgan fingerprint density at radius 2 is 2.07 bits per heavy atom. The van der Waals surface area contributed by atoms with Crippen LogP contribution in [0.5, 0.6) is 0 Å². The van der Waals surface area contributed by atoms with E-state index in [1.54, 1.807) is 30.3 Å². The second-order valence-electron chi connectivity index (χ2n) is 7.49. The Hall–Kier alpha value is -2.73. The number of sulfonamides is 1. The van der Waals surface area contributed by atoms with Crippen molar-refractivity contribution in [3.63, 3.8) is 0 Å². The number of nitrogens with one attached hydrogen (secondary N) is 1. The molecule has 1 unspecified atom stereocenters. The summed E-state index contributed by atoms with van der Waals surface area (Å²) >= 11 is 0. The van der Waals surface area contributed by atoms with Gasteiger partial charge in [-0.3, -0.25) is 9.69 Å². The Morgan fingerprint density at radius 1 is 1.27 bits per heavy atom. The van der Waals surface area contributed by atoms with E-state index in [-0.39, 0.29) is 11.3 Å². The lowest BCUT2D eigenvalue weighted by molar-refractivity contribution is -0.138. The molecule has 2 aromatic carbocycles. The highest BCUT2D eigenvalue weighted by molar-refractivity contribution is 7.89.